The number of ether oxygens (including phenoxy) is 1. The predicted molar refractivity (Wildman–Crippen MR) is 133 cm³/mol. The summed E-state index contributed by atoms with van der Waals surface area (Å²) in [4.78, 5) is 27.9. The number of hydrogen-bond acceptors (Lipinski definition) is 3. The molecular weight excluding hydrogens is 428 g/mol. The maximum atomic E-state index is 13.1. The van der Waals surface area contributed by atoms with Crippen molar-refractivity contribution in [1.82, 2.24) is 9.55 Å². The number of nitrogens with zero attached hydrogens (tertiary/aromatic N) is 1. The number of benzene rings is 2. The average Bonchev–Trinajstić information content (AvgIpc) is 3.17. The summed E-state index contributed by atoms with van der Waals surface area (Å²) in [7, 11) is 1.85. The molecule has 2 heterocycles. The number of H-pyrrole nitrogens is 1. The SMILES string of the molecule is Cn1c(-c2ccc(OCc3ccccc3)cc2)c(C2CCCCC2)c2[nH]cc(C(=O)O)c(=O)c21. The Bertz CT molecular complexity index is 1380. The lowest BCUT2D eigenvalue weighted by molar-refractivity contribution is 0.0695. The van der Waals surface area contributed by atoms with Crippen LogP contribution in [-0.4, -0.2) is 20.6 Å². The minimum Gasteiger partial charge on any atom is -0.489 e. The summed E-state index contributed by atoms with van der Waals surface area (Å²) in [5.74, 6) is -0.118. The summed E-state index contributed by atoms with van der Waals surface area (Å²) >= 11 is 0. The van der Waals surface area contributed by atoms with Crippen LogP contribution in [0.5, 0.6) is 5.75 Å². The van der Waals surface area contributed by atoms with Crippen molar-refractivity contribution >= 4 is 17.0 Å². The molecule has 1 aliphatic carbocycles. The Balaban J connectivity index is 1.57. The minimum atomic E-state index is -1.22. The molecule has 0 aliphatic heterocycles. The van der Waals surface area contributed by atoms with Crippen molar-refractivity contribution in [1.29, 1.82) is 0 Å². The van der Waals surface area contributed by atoms with Gasteiger partial charge in [-0.1, -0.05) is 49.6 Å². The van der Waals surface area contributed by atoms with E-state index in [0.29, 0.717) is 18.0 Å². The van der Waals surface area contributed by atoms with Crippen molar-refractivity contribution in [2.45, 2.75) is 44.6 Å². The number of aromatic nitrogens is 2. The lowest BCUT2D eigenvalue weighted by Crippen LogP contribution is -2.17. The zero-order chi connectivity index (χ0) is 23.7. The molecule has 0 radical (unpaired) electrons. The molecule has 0 amide bonds. The fourth-order valence-corrected chi connectivity index (χ4v) is 5.20. The van der Waals surface area contributed by atoms with E-state index in [2.05, 4.69) is 4.98 Å². The molecule has 2 aromatic carbocycles. The third-order valence-electron chi connectivity index (χ3n) is 6.87. The average molecular weight is 457 g/mol. The Hall–Kier alpha value is -3.80. The van der Waals surface area contributed by atoms with Gasteiger partial charge in [-0.15, -0.1) is 0 Å². The fourth-order valence-electron chi connectivity index (χ4n) is 5.20. The smallest absolute Gasteiger partial charge is 0.341 e. The Morgan fingerprint density at radius 1 is 1.06 bits per heavy atom. The normalized spacial score (nSPS) is 14.4. The van der Waals surface area contributed by atoms with Gasteiger partial charge in [0.05, 0.1) is 11.2 Å². The van der Waals surface area contributed by atoms with E-state index in [4.69, 9.17) is 4.74 Å². The van der Waals surface area contributed by atoms with Gasteiger partial charge in [-0.25, -0.2) is 4.79 Å². The maximum absolute atomic E-state index is 13.1. The molecule has 6 nitrogen and oxygen atoms in total. The van der Waals surface area contributed by atoms with Crippen LogP contribution < -0.4 is 10.2 Å². The molecular formula is C28H28N2O4. The number of fused-ring (bicyclic) bond motifs is 1. The van der Waals surface area contributed by atoms with Gasteiger partial charge in [0.15, 0.2) is 0 Å². The van der Waals surface area contributed by atoms with E-state index in [1.165, 1.54) is 12.6 Å². The van der Waals surface area contributed by atoms with E-state index in [-0.39, 0.29) is 5.56 Å². The third-order valence-corrected chi connectivity index (χ3v) is 6.87. The Morgan fingerprint density at radius 2 is 1.76 bits per heavy atom. The van der Waals surface area contributed by atoms with Crippen LogP contribution in [0.3, 0.4) is 0 Å². The summed E-state index contributed by atoms with van der Waals surface area (Å²) in [6, 6.07) is 18.0. The highest BCUT2D eigenvalue weighted by atomic mass is 16.5. The number of hydrogen-bond donors (Lipinski definition) is 2. The second-order valence-corrected chi connectivity index (χ2v) is 9.02. The van der Waals surface area contributed by atoms with Crippen molar-refractivity contribution in [2.24, 2.45) is 7.05 Å². The fraction of sp³-hybridized carbons (Fsp3) is 0.286. The number of aryl methyl sites for hydroxylation is 1. The molecule has 5 rings (SSSR count). The third kappa shape index (κ3) is 4.00. The first-order valence-corrected chi connectivity index (χ1v) is 11.8. The largest absolute Gasteiger partial charge is 0.489 e. The van der Waals surface area contributed by atoms with E-state index in [1.807, 2.05) is 66.2 Å². The van der Waals surface area contributed by atoms with Crippen molar-refractivity contribution in [3.8, 4) is 17.0 Å². The second-order valence-electron chi connectivity index (χ2n) is 9.02. The van der Waals surface area contributed by atoms with Crippen LogP contribution >= 0.6 is 0 Å². The lowest BCUT2D eigenvalue weighted by atomic mass is 9.82. The Kier molecular flexibility index (Phi) is 5.97. The van der Waals surface area contributed by atoms with Crippen LogP contribution in [0.25, 0.3) is 22.3 Å². The van der Waals surface area contributed by atoms with Crippen molar-refractivity contribution in [2.75, 3.05) is 0 Å². The van der Waals surface area contributed by atoms with Crippen LogP contribution in [0.2, 0.25) is 0 Å². The number of aromatic carboxylic acids is 1. The van der Waals surface area contributed by atoms with Gasteiger partial charge in [-0.05, 0) is 54.2 Å². The quantitative estimate of drug-likeness (QED) is 0.381. The molecule has 0 atom stereocenters. The highest BCUT2D eigenvalue weighted by Crippen LogP contribution is 2.42. The first-order valence-electron chi connectivity index (χ1n) is 11.8. The number of carboxylic acid groups (broad SMARTS) is 1. The van der Waals surface area contributed by atoms with E-state index >= 15 is 0 Å². The molecule has 6 heteroatoms. The molecule has 0 spiro atoms. The summed E-state index contributed by atoms with van der Waals surface area (Å²) in [5.41, 5.74) is 4.65. The molecule has 1 aliphatic rings. The van der Waals surface area contributed by atoms with Gasteiger partial charge in [-0.3, -0.25) is 4.79 Å². The molecule has 2 aromatic heterocycles. The summed E-state index contributed by atoms with van der Waals surface area (Å²) in [5, 5.41) is 9.48. The molecule has 1 saturated carbocycles. The topological polar surface area (TPSA) is 84.3 Å². The standard InChI is InChI=1S/C28H28N2O4/c1-30-25(20-12-14-21(15-13-20)34-17-18-8-4-2-5-9-18)23(19-10-6-3-7-11-19)24-26(30)27(31)22(16-29-24)28(32)33/h2,4-5,8-9,12-16,19H,3,6-7,10-11,17H2,1H3,(H,29,31)(H,32,33). The highest BCUT2D eigenvalue weighted by Gasteiger charge is 2.28. The number of pyridine rings is 1. The van der Waals surface area contributed by atoms with Crippen LogP contribution in [0.4, 0.5) is 0 Å². The van der Waals surface area contributed by atoms with Crippen molar-refractivity contribution in [3.05, 3.63) is 87.7 Å². The Morgan fingerprint density at radius 3 is 2.44 bits per heavy atom. The predicted octanol–water partition coefficient (Wildman–Crippen LogP) is 5.86. The second kappa shape index (κ2) is 9.21. The van der Waals surface area contributed by atoms with E-state index < -0.39 is 11.4 Å². The monoisotopic (exact) mass is 456 g/mol. The minimum absolute atomic E-state index is 0.237. The zero-order valence-corrected chi connectivity index (χ0v) is 19.2. The van der Waals surface area contributed by atoms with Gasteiger partial charge >= 0.3 is 5.97 Å². The number of carbonyl (C=O) groups is 1. The molecule has 174 valence electrons. The number of aromatic amines is 1. The Labute approximate surface area is 197 Å². The van der Waals surface area contributed by atoms with E-state index in [9.17, 15) is 14.7 Å². The van der Waals surface area contributed by atoms with Gasteiger partial charge in [-0.2, -0.15) is 0 Å². The van der Waals surface area contributed by atoms with Gasteiger partial charge in [0.25, 0.3) is 0 Å². The molecule has 1 fully saturated rings. The van der Waals surface area contributed by atoms with Crippen LogP contribution in [0, 0.1) is 0 Å². The molecule has 2 N–H and O–H groups in total. The van der Waals surface area contributed by atoms with Crippen molar-refractivity contribution in [3.63, 3.8) is 0 Å². The first-order chi connectivity index (χ1) is 16.5. The van der Waals surface area contributed by atoms with E-state index in [1.54, 1.807) is 0 Å². The van der Waals surface area contributed by atoms with Gasteiger partial charge in [0, 0.05) is 18.8 Å². The van der Waals surface area contributed by atoms with Gasteiger partial charge in [0.1, 0.15) is 23.4 Å². The summed E-state index contributed by atoms with van der Waals surface area (Å²) in [6.07, 6.45) is 7.00. The molecule has 34 heavy (non-hydrogen) atoms. The van der Waals surface area contributed by atoms with Crippen LogP contribution in [-0.2, 0) is 13.7 Å². The van der Waals surface area contributed by atoms with Gasteiger partial charge < -0.3 is 19.4 Å². The maximum Gasteiger partial charge on any atom is 0.341 e. The van der Waals surface area contributed by atoms with Gasteiger partial charge in [0.2, 0.25) is 5.43 Å². The zero-order valence-electron chi connectivity index (χ0n) is 19.2. The molecule has 4 aromatic rings. The number of nitrogens with one attached hydrogen (secondary N) is 1. The molecule has 0 bridgehead atoms. The molecule has 0 saturated heterocycles. The number of rotatable bonds is 6. The molecule has 0 unspecified atom stereocenters. The number of carboxylic acids is 1. The van der Waals surface area contributed by atoms with Crippen LogP contribution in [0.15, 0.2) is 65.6 Å². The summed E-state index contributed by atoms with van der Waals surface area (Å²) in [6.45, 7) is 0.494. The summed E-state index contributed by atoms with van der Waals surface area (Å²) < 4.78 is 7.82. The van der Waals surface area contributed by atoms with Crippen molar-refractivity contribution < 1.29 is 14.6 Å². The first kappa shape index (κ1) is 22.0. The lowest BCUT2D eigenvalue weighted by Gasteiger charge is -2.23. The highest BCUT2D eigenvalue weighted by molar-refractivity contribution is 5.95. The van der Waals surface area contributed by atoms with E-state index in [0.717, 1.165) is 59.3 Å². The van der Waals surface area contributed by atoms with Crippen LogP contribution in [0.1, 0.15) is 59.5 Å².